The van der Waals surface area contributed by atoms with Gasteiger partial charge in [-0.25, -0.2) is 15.0 Å². The van der Waals surface area contributed by atoms with Crippen molar-refractivity contribution in [2.45, 2.75) is 19.4 Å². The van der Waals surface area contributed by atoms with Crippen molar-refractivity contribution in [3.8, 4) is 73.3 Å². The molecule has 2 heterocycles. The van der Waals surface area contributed by atoms with Gasteiger partial charge in [0.2, 0.25) is 0 Å². The molecule has 1 aliphatic heterocycles. The summed E-state index contributed by atoms with van der Waals surface area (Å²) in [5, 5.41) is 0. The van der Waals surface area contributed by atoms with Crippen LogP contribution in [0.4, 0.5) is 0 Å². The van der Waals surface area contributed by atoms with Crippen LogP contribution in [-0.2, 0) is 5.60 Å². The minimum Gasteiger partial charge on any atom is -0.482 e. The van der Waals surface area contributed by atoms with E-state index >= 15 is 0 Å². The van der Waals surface area contributed by atoms with Gasteiger partial charge < -0.3 is 4.74 Å². The Labute approximate surface area is 269 Å². The summed E-state index contributed by atoms with van der Waals surface area (Å²) in [7, 11) is 0. The van der Waals surface area contributed by atoms with Gasteiger partial charge in [0.15, 0.2) is 17.5 Å². The fraction of sp³-hybridized carbons (Fsp3) is 0.0714. The first-order chi connectivity index (χ1) is 22.5. The van der Waals surface area contributed by atoms with Gasteiger partial charge in [0, 0.05) is 33.4 Å². The fourth-order valence-electron chi connectivity index (χ4n) is 6.26. The molecular formula is C42H31N3O. The molecule has 4 nitrogen and oxygen atoms in total. The SMILES string of the molecule is CC1(C)Oc2ccccc2-c2c(-c3nc(-c4ccc(-c5ccccc5)cc4)nc(-c4ccc(-c5ccccc5)cc4)n3)cccc21. The van der Waals surface area contributed by atoms with Gasteiger partial charge in [-0.1, -0.05) is 146 Å². The molecule has 0 atom stereocenters. The Bertz CT molecular complexity index is 2070. The quantitative estimate of drug-likeness (QED) is 0.199. The predicted molar refractivity (Wildman–Crippen MR) is 186 cm³/mol. The highest BCUT2D eigenvalue weighted by Crippen LogP contribution is 2.48. The molecule has 0 amide bonds. The number of para-hydroxylation sites is 1. The van der Waals surface area contributed by atoms with Crippen LogP contribution < -0.4 is 4.74 Å². The fourth-order valence-corrected chi connectivity index (χ4v) is 6.26. The molecule has 0 saturated carbocycles. The molecule has 0 unspecified atom stereocenters. The Balaban J connectivity index is 1.30. The van der Waals surface area contributed by atoms with Crippen LogP contribution >= 0.6 is 0 Å². The zero-order valence-corrected chi connectivity index (χ0v) is 25.7. The van der Waals surface area contributed by atoms with Crippen molar-refractivity contribution < 1.29 is 4.74 Å². The third-order valence-corrected chi connectivity index (χ3v) is 8.61. The van der Waals surface area contributed by atoms with Crippen molar-refractivity contribution in [3.63, 3.8) is 0 Å². The highest BCUT2D eigenvalue weighted by Gasteiger charge is 2.34. The van der Waals surface area contributed by atoms with Gasteiger partial charge >= 0.3 is 0 Å². The summed E-state index contributed by atoms with van der Waals surface area (Å²) < 4.78 is 6.46. The summed E-state index contributed by atoms with van der Waals surface area (Å²) in [5.41, 5.74) is 10.2. The average molecular weight is 594 g/mol. The molecule has 0 bridgehead atoms. The Morgan fingerprint density at radius 1 is 0.391 bits per heavy atom. The molecule has 220 valence electrons. The summed E-state index contributed by atoms with van der Waals surface area (Å²) >= 11 is 0. The van der Waals surface area contributed by atoms with Gasteiger partial charge in [-0.2, -0.15) is 0 Å². The molecule has 4 heteroatoms. The zero-order chi connectivity index (χ0) is 31.1. The number of benzene rings is 6. The predicted octanol–water partition coefficient (Wildman–Crippen LogP) is 10.5. The van der Waals surface area contributed by atoms with Gasteiger partial charge in [-0.15, -0.1) is 0 Å². The lowest BCUT2D eigenvalue weighted by molar-refractivity contribution is 0.106. The lowest BCUT2D eigenvalue weighted by atomic mass is 9.83. The number of ether oxygens (including phenoxy) is 1. The summed E-state index contributed by atoms with van der Waals surface area (Å²) in [6.07, 6.45) is 0. The second kappa shape index (κ2) is 11.2. The number of rotatable bonds is 5. The normalized spacial score (nSPS) is 12.9. The molecule has 0 spiro atoms. The Morgan fingerprint density at radius 2 is 0.826 bits per heavy atom. The maximum atomic E-state index is 6.46. The second-order valence-corrected chi connectivity index (χ2v) is 12.0. The summed E-state index contributed by atoms with van der Waals surface area (Å²) in [6, 6.07) is 52.2. The molecule has 0 aliphatic carbocycles. The molecular weight excluding hydrogens is 562 g/mol. The number of aromatic nitrogens is 3. The van der Waals surface area contributed by atoms with Gasteiger partial charge in [0.05, 0.1) is 0 Å². The number of nitrogens with zero attached hydrogens (tertiary/aromatic N) is 3. The summed E-state index contributed by atoms with van der Waals surface area (Å²) in [5.74, 6) is 2.74. The van der Waals surface area contributed by atoms with E-state index in [1.54, 1.807) is 0 Å². The largest absolute Gasteiger partial charge is 0.482 e. The Morgan fingerprint density at radius 3 is 1.39 bits per heavy atom. The summed E-state index contributed by atoms with van der Waals surface area (Å²) in [6.45, 7) is 4.22. The van der Waals surface area contributed by atoms with Crippen LogP contribution in [0.15, 0.2) is 152 Å². The molecule has 8 rings (SSSR count). The molecule has 0 fully saturated rings. The first kappa shape index (κ1) is 27.7. The van der Waals surface area contributed by atoms with E-state index in [9.17, 15) is 0 Å². The highest BCUT2D eigenvalue weighted by atomic mass is 16.5. The van der Waals surface area contributed by atoms with E-state index in [1.165, 1.54) is 11.1 Å². The number of fused-ring (bicyclic) bond motifs is 3. The molecule has 1 aromatic heterocycles. The first-order valence-corrected chi connectivity index (χ1v) is 15.5. The van der Waals surface area contributed by atoms with Gasteiger partial charge in [0.25, 0.3) is 0 Å². The van der Waals surface area contributed by atoms with E-state index in [1.807, 2.05) is 30.3 Å². The van der Waals surface area contributed by atoms with E-state index in [-0.39, 0.29) is 0 Å². The maximum absolute atomic E-state index is 6.46. The Kier molecular flexibility index (Phi) is 6.76. The minimum absolute atomic E-state index is 0.515. The van der Waals surface area contributed by atoms with Crippen LogP contribution in [0.3, 0.4) is 0 Å². The topological polar surface area (TPSA) is 47.9 Å². The van der Waals surface area contributed by atoms with Crippen LogP contribution in [0.25, 0.3) is 67.5 Å². The lowest BCUT2D eigenvalue weighted by Gasteiger charge is -2.35. The molecule has 46 heavy (non-hydrogen) atoms. The summed E-state index contributed by atoms with van der Waals surface area (Å²) in [4.78, 5) is 15.3. The van der Waals surface area contributed by atoms with Gasteiger partial charge in [0.1, 0.15) is 11.4 Å². The highest BCUT2D eigenvalue weighted by molar-refractivity contribution is 5.89. The van der Waals surface area contributed by atoms with E-state index < -0.39 is 5.60 Å². The lowest BCUT2D eigenvalue weighted by Crippen LogP contribution is -2.29. The molecule has 0 radical (unpaired) electrons. The van der Waals surface area contributed by atoms with Crippen molar-refractivity contribution in [2.24, 2.45) is 0 Å². The minimum atomic E-state index is -0.515. The van der Waals surface area contributed by atoms with Crippen molar-refractivity contribution >= 4 is 0 Å². The van der Waals surface area contributed by atoms with Crippen LogP contribution in [-0.4, -0.2) is 15.0 Å². The monoisotopic (exact) mass is 593 g/mol. The number of hydrogen-bond acceptors (Lipinski definition) is 4. The van der Waals surface area contributed by atoms with Crippen LogP contribution in [0, 0.1) is 0 Å². The van der Waals surface area contributed by atoms with E-state index in [4.69, 9.17) is 19.7 Å². The van der Waals surface area contributed by atoms with Crippen LogP contribution in [0.5, 0.6) is 5.75 Å². The average Bonchev–Trinajstić information content (AvgIpc) is 3.12. The van der Waals surface area contributed by atoms with Gasteiger partial charge in [-0.3, -0.25) is 0 Å². The third-order valence-electron chi connectivity index (χ3n) is 8.61. The van der Waals surface area contributed by atoms with E-state index in [2.05, 4.69) is 135 Å². The van der Waals surface area contributed by atoms with E-state index in [0.717, 1.165) is 50.3 Å². The zero-order valence-electron chi connectivity index (χ0n) is 25.7. The van der Waals surface area contributed by atoms with Crippen molar-refractivity contribution in [1.29, 1.82) is 0 Å². The molecule has 0 N–H and O–H groups in total. The second-order valence-electron chi connectivity index (χ2n) is 12.0. The molecule has 1 aliphatic rings. The van der Waals surface area contributed by atoms with Crippen LogP contribution in [0.1, 0.15) is 19.4 Å². The standard InChI is InChI=1S/C42H31N3O/c1-42(2)36-18-11-17-35(38(36)34-16-9-10-19-37(34)46-42)41-44-39(32-24-20-30(21-25-32)28-12-5-3-6-13-28)43-40(45-41)33-26-22-31(23-27-33)29-14-7-4-8-15-29/h3-27H,1-2H3. The third kappa shape index (κ3) is 5.04. The molecule has 7 aromatic rings. The van der Waals surface area contributed by atoms with E-state index in [0.29, 0.717) is 17.5 Å². The van der Waals surface area contributed by atoms with Crippen LogP contribution in [0.2, 0.25) is 0 Å². The smallest absolute Gasteiger partial charge is 0.164 e. The van der Waals surface area contributed by atoms with Crippen molar-refractivity contribution in [3.05, 3.63) is 157 Å². The molecule has 6 aromatic carbocycles. The first-order valence-electron chi connectivity index (χ1n) is 15.5. The Hall–Kier alpha value is -5.87. The van der Waals surface area contributed by atoms with Crippen molar-refractivity contribution in [2.75, 3.05) is 0 Å². The maximum Gasteiger partial charge on any atom is 0.164 e. The van der Waals surface area contributed by atoms with Crippen molar-refractivity contribution in [1.82, 2.24) is 15.0 Å². The number of hydrogen-bond donors (Lipinski definition) is 0. The van der Waals surface area contributed by atoms with Gasteiger partial charge in [-0.05, 0) is 42.2 Å². The molecule has 0 saturated heterocycles.